The maximum absolute atomic E-state index is 12.1. The van der Waals surface area contributed by atoms with Gasteiger partial charge in [0.1, 0.15) is 11.4 Å². The molecule has 5 nitrogen and oxygen atoms in total. The standard InChI is InChI=1S/C20H32N2O3/c1-18(2,3)16-11-15(25-21-16)14-7-9-20(10-8-14)12-22(13-20)17(23)24-19(4,5)6/h11,14H,7-10,12-13H2,1-6H3. The Labute approximate surface area is 151 Å². The van der Waals surface area contributed by atoms with Gasteiger partial charge in [-0.15, -0.1) is 0 Å². The molecule has 1 saturated carbocycles. The Balaban J connectivity index is 1.52. The first kappa shape index (κ1) is 18.3. The summed E-state index contributed by atoms with van der Waals surface area (Å²) in [5.41, 5.74) is 0.927. The molecule has 1 aliphatic heterocycles. The molecule has 1 aromatic rings. The van der Waals surface area contributed by atoms with E-state index < -0.39 is 5.60 Å². The predicted molar refractivity (Wildman–Crippen MR) is 96.7 cm³/mol. The maximum Gasteiger partial charge on any atom is 0.410 e. The highest BCUT2D eigenvalue weighted by Crippen LogP contribution is 2.48. The minimum absolute atomic E-state index is 0.0273. The summed E-state index contributed by atoms with van der Waals surface area (Å²) >= 11 is 0. The van der Waals surface area contributed by atoms with Gasteiger partial charge in [-0.25, -0.2) is 4.79 Å². The zero-order valence-electron chi connectivity index (χ0n) is 16.5. The normalized spacial score (nSPS) is 21.3. The SMILES string of the molecule is CC(C)(C)OC(=O)N1CC2(CCC(c3cc(C(C)(C)C)no3)CC2)C1. The number of carbonyl (C=O) groups excluding carboxylic acids is 1. The third-order valence-corrected chi connectivity index (χ3v) is 5.45. The molecule has 0 aromatic carbocycles. The number of aromatic nitrogens is 1. The van der Waals surface area contributed by atoms with Crippen LogP contribution >= 0.6 is 0 Å². The number of rotatable bonds is 1. The van der Waals surface area contributed by atoms with Crippen LogP contribution in [0.5, 0.6) is 0 Å². The highest BCUT2D eigenvalue weighted by atomic mass is 16.6. The van der Waals surface area contributed by atoms with E-state index in [1.807, 2.05) is 25.7 Å². The smallest absolute Gasteiger partial charge is 0.410 e. The van der Waals surface area contributed by atoms with Gasteiger partial charge in [-0.05, 0) is 46.5 Å². The fourth-order valence-electron chi connectivity index (χ4n) is 3.89. The molecule has 2 aliphatic rings. The van der Waals surface area contributed by atoms with Crippen molar-refractivity contribution in [2.75, 3.05) is 13.1 Å². The van der Waals surface area contributed by atoms with E-state index in [1.54, 1.807) is 0 Å². The van der Waals surface area contributed by atoms with Crippen LogP contribution in [0, 0.1) is 5.41 Å². The Morgan fingerprint density at radius 2 is 1.80 bits per heavy atom. The lowest BCUT2D eigenvalue weighted by Gasteiger charge is -2.53. The van der Waals surface area contributed by atoms with E-state index in [0.29, 0.717) is 11.3 Å². The average molecular weight is 348 g/mol. The number of nitrogens with zero attached hydrogens (tertiary/aromatic N) is 2. The van der Waals surface area contributed by atoms with Gasteiger partial charge < -0.3 is 14.2 Å². The second-order valence-electron chi connectivity index (χ2n) is 9.98. The number of amides is 1. The van der Waals surface area contributed by atoms with Gasteiger partial charge in [0.25, 0.3) is 0 Å². The molecular weight excluding hydrogens is 316 g/mol. The van der Waals surface area contributed by atoms with E-state index in [9.17, 15) is 4.79 Å². The molecule has 0 radical (unpaired) electrons. The third kappa shape index (κ3) is 4.01. The quantitative estimate of drug-likeness (QED) is 0.727. The summed E-state index contributed by atoms with van der Waals surface area (Å²) in [6, 6.07) is 2.14. The number of hydrogen-bond donors (Lipinski definition) is 0. The van der Waals surface area contributed by atoms with Crippen LogP contribution in [-0.4, -0.2) is 34.8 Å². The van der Waals surface area contributed by atoms with Crippen LogP contribution in [0.2, 0.25) is 0 Å². The average Bonchev–Trinajstić information content (AvgIpc) is 2.92. The van der Waals surface area contributed by atoms with E-state index in [1.165, 1.54) is 0 Å². The van der Waals surface area contributed by atoms with E-state index in [2.05, 4.69) is 32.0 Å². The first-order chi connectivity index (χ1) is 11.5. The van der Waals surface area contributed by atoms with Gasteiger partial charge in [-0.3, -0.25) is 0 Å². The van der Waals surface area contributed by atoms with Crippen molar-refractivity contribution >= 4 is 6.09 Å². The van der Waals surface area contributed by atoms with Gasteiger partial charge in [0.15, 0.2) is 0 Å². The summed E-state index contributed by atoms with van der Waals surface area (Å²) in [6.45, 7) is 13.9. The van der Waals surface area contributed by atoms with E-state index in [4.69, 9.17) is 9.26 Å². The first-order valence-electron chi connectivity index (χ1n) is 9.43. The van der Waals surface area contributed by atoms with Gasteiger partial charge >= 0.3 is 6.09 Å². The zero-order valence-corrected chi connectivity index (χ0v) is 16.5. The molecule has 1 amide bonds. The first-order valence-corrected chi connectivity index (χ1v) is 9.43. The van der Waals surface area contributed by atoms with Crippen LogP contribution in [0.1, 0.15) is 84.6 Å². The second kappa shape index (κ2) is 6.03. The molecule has 1 aliphatic carbocycles. The minimum Gasteiger partial charge on any atom is -0.444 e. The number of ether oxygens (including phenoxy) is 1. The molecular formula is C20H32N2O3. The molecule has 2 heterocycles. The van der Waals surface area contributed by atoms with Crippen LogP contribution < -0.4 is 0 Å². The van der Waals surface area contributed by atoms with Crippen LogP contribution in [0.4, 0.5) is 4.79 Å². The summed E-state index contributed by atoms with van der Waals surface area (Å²) < 4.78 is 11.1. The van der Waals surface area contributed by atoms with Gasteiger partial charge in [0.2, 0.25) is 0 Å². The van der Waals surface area contributed by atoms with Crippen molar-refractivity contribution < 1.29 is 14.1 Å². The fourth-order valence-corrected chi connectivity index (χ4v) is 3.89. The Morgan fingerprint density at radius 3 is 2.28 bits per heavy atom. The van der Waals surface area contributed by atoms with Gasteiger partial charge in [0, 0.05) is 35.9 Å². The highest BCUT2D eigenvalue weighted by molar-refractivity contribution is 5.69. The molecule has 140 valence electrons. The largest absolute Gasteiger partial charge is 0.444 e. The molecule has 0 N–H and O–H groups in total. The van der Waals surface area contributed by atoms with Crippen LogP contribution in [0.3, 0.4) is 0 Å². The van der Waals surface area contributed by atoms with E-state index in [-0.39, 0.29) is 11.5 Å². The van der Waals surface area contributed by atoms with Crippen molar-refractivity contribution in [3.63, 3.8) is 0 Å². The summed E-state index contributed by atoms with van der Waals surface area (Å²) in [5, 5.41) is 4.26. The molecule has 0 atom stereocenters. The predicted octanol–water partition coefficient (Wildman–Crippen LogP) is 4.87. The Bertz CT molecular complexity index is 620. The topological polar surface area (TPSA) is 55.6 Å². The molecule has 25 heavy (non-hydrogen) atoms. The molecule has 0 unspecified atom stereocenters. The maximum atomic E-state index is 12.1. The third-order valence-electron chi connectivity index (χ3n) is 5.45. The molecule has 3 rings (SSSR count). The van der Waals surface area contributed by atoms with Crippen LogP contribution in [0.25, 0.3) is 0 Å². The summed E-state index contributed by atoms with van der Waals surface area (Å²) in [7, 11) is 0. The molecule has 2 fully saturated rings. The Kier molecular flexibility index (Phi) is 4.41. The summed E-state index contributed by atoms with van der Waals surface area (Å²) in [5.74, 6) is 1.49. The summed E-state index contributed by atoms with van der Waals surface area (Å²) in [6.07, 6.45) is 4.33. The lowest BCUT2D eigenvalue weighted by Crippen LogP contribution is -2.60. The van der Waals surface area contributed by atoms with E-state index >= 15 is 0 Å². The Hall–Kier alpha value is -1.52. The summed E-state index contributed by atoms with van der Waals surface area (Å²) in [4.78, 5) is 14.0. The lowest BCUT2D eigenvalue weighted by molar-refractivity contribution is -0.0514. The monoisotopic (exact) mass is 348 g/mol. The van der Waals surface area contributed by atoms with Crippen molar-refractivity contribution in [3.05, 3.63) is 17.5 Å². The van der Waals surface area contributed by atoms with Crippen LogP contribution in [-0.2, 0) is 10.2 Å². The van der Waals surface area contributed by atoms with Crippen molar-refractivity contribution in [3.8, 4) is 0 Å². The second-order valence-corrected chi connectivity index (χ2v) is 9.98. The van der Waals surface area contributed by atoms with Gasteiger partial charge in [-0.1, -0.05) is 25.9 Å². The number of hydrogen-bond acceptors (Lipinski definition) is 4. The van der Waals surface area contributed by atoms with Crippen molar-refractivity contribution in [1.29, 1.82) is 0 Å². The number of carbonyl (C=O) groups is 1. The van der Waals surface area contributed by atoms with Gasteiger partial charge in [0.05, 0.1) is 5.69 Å². The van der Waals surface area contributed by atoms with Crippen molar-refractivity contribution in [2.45, 2.75) is 84.2 Å². The van der Waals surface area contributed by atoms with E-state index in [0.717, 1.165) is 50.2 Å². The van der Waals surface area contributed by atoms with Crippen molar-refractivity contribution in [1.82, 2.24) is 10.1 Å². The zero-order chi connectivity index (χ0) is 18.5. The van der Waals surface area contributed by atoms with Crippen molar-refractivity contribution in [2.24, 2.45) is 5.41 Å². The highest BCUT2D eigenvalue weighted by Gasteiger charge is 2.48. The molecule has 5 heteroatoms. The molecule has 1 aromatic heterocycles. The minimum atomic E-state index is -0.422. The van der Waals surface area contributed by atoms with Crippen LogP contribution in [0.15, 0.2) is 10.6 Å². The number of likely N-dealkylation sites (tertiary alicyclic amines) is 1. The molecule has 1 spiro atoms. The molecule has 0 bridgehead atoms. The molecule has 1 saturated heterocycles. The Morgan fingerprint density at radius 1 is 1.20 bits per heavy atom. The van der Waals surface area contributed by atoms with Gasteiger partial charge in [-0.2, -0.15) is 0 Å². The fraction of sp³-hybridized carbons (Fsp3) is 0.800. The lowest BCUT2D eigenvalue weighted by atomic mass is 9.65.